The molecule has 1 aromatic heterocycles. The van der Waals surface area contributed by atoms with Gasteiger partial charge in [-0.25, -0.2) is 4.79 Å². The van der Waals surface area contributed by atoms with Gasteiger partial charge in [0.1, 0.15) is 5.69 Å². The van der Waals surface area contributed by atoms with E-state index in [2.05, 4.69) is 11.6 Å². The van der Waals surface area contributed by atoms with Crippen molar-refractivity contribution < 1.29 is 14.7 Å². The summed E-state index contributed by atoms with van der Waals surface area (Å²) in [5, 5.41) is 8.97. The fraction of sp³-hybridized carbons (Fsp3) is 0.250. The number of carbonyl (C=O) groups excluding carboxylic acids is 1. The maximum Gasteiger partial charge on any atom is 0.338 e. The van der Waals surface area contributed by atoms with Crippen molar-refractivity contribution in [3.63, 3.8) is 0 Å². The van der Waals surface area contributed by atoms with Crippen LogP contribution < -0.4 is 0 Å². The van der Waals surface area contributed by atoms with Crippen molar-refractivity contribution in [3.8, 4) is 0 Å². The second-order valence-corrected chi connectivity index (χ2v) is 3.34. The Balaban J connectivity index is 3.10. The van der Waals surface area contributed by atoms with Gasteiger partial charge < -0.3 is 10.0 Å². The van der Waals surface area contributed by atoms with Gasteiger partial charge in [-0.3, -0.25) is 9.78 Å². The zero-order valence-electron chi connectivity index (χ0n) is 9.59. The summed E-state index contributed by atoms with van der Waals surface area (Å²) >= 11 is 0. The molecule has 90 valence electrons. The van der Waals surface area contributed by atoms with Crippen molar-refractivity contribution in [1.29, 1.82) is 0 Å². The van der Waals surface area contributed by atoms with E-state index >= 15 is 0 Å². The molecule has 1 aromatic rings. The van der Waals surface area contributed by atoms with E-state index in [0.717, 1.165) is 0 Å². The molecule has 0 saturated heterocycles. The fourth-order valence-electron chi connectivity index (χ4n) is 1.41. The molecule has 1 heterocycles. The molecule has 0 unspecified atom stereocenters. The Morgan fingerprint density at radius 2 is 2.29 bits per heavy atom. The standard InChI is InChI=1S/C12H14N2O3/c1-3-8-14(4-2)11(15)10-9(12(16)17)6-5-7-13-10/h3,5-7H,1,4,8H2,2H3,(H,16,17). The summed E-state index contributed by atoms with van der Waals surface area (Å²) in [5.41, 5.74) is -0.122. The molecular formula is C12H14N2O3. The predicted molar refractivity (Wildman–Crippen MR) is 63.0 cm³/mol. The average molecular weight is 234 g/mol. The van der Waals surface area contributed by atoms with Crippen molar-refractivity contribution in [2.75, 3.05) is 13.1 Å². The van der Waals surface area contributed by atoms with Gasteiger partial charge in [0.25, 0.3) is 5.91 Å². The van der Waals surface area contributed by atoms with Crippen LogP contribution in [-0.4, -0.2) is 40.0 Å². The van der Waals surface area contributed by atoms with Crippen molar-refractivity contribution in [3.05, 3.63) is 42.2 Å². The highest BCUT2D eigenvalue weighted by molar-refractivity contribution is 6.03. The van der Waals surface area contributed by atoms with Crippen LogP contribution in [0.1, 0.15) is 27.8 Å². The normalized spacial score (nSPS) is 9.71. The van der Waals surface area contributed by atoms with Gasteiger partial charge >= 0.3 is 5.97 Å². The first kappa shape index (κ1) is 12.9. The van der Waals surface area contributed by atoms with E-state index in [-0.39, 0.29) is 11.3 Å². The van der Waals surface area contributed by atoms with E-state index in [4.69, 9.17) is 5.11 Å². The number of pyridine rings is 1. The Morgan fingerprint density at radius 1 is 1.59 bits per heavy atom. The molecule has 1 rings (SSSR count). The highest BCUT2D eigenvalue weighted by Crippen LogP contribution is 2.09. The van der Waals surface area contributed by atoms with Gasteiger partial charge in [-0.05, 0) is 19.1 Å². The molecule has 5 nitrogen and oxygen atoms in total. The first-order valence-corrected chi connectivity index (χ1v) is 5.20. The number of nitrogens with zero attached hydrogens (tertiary/aromatic N) is 2. The van der Waals surface area contributed by atoms with E-state index in [1.165, 1.54) is 23.2 Å². The van der Waals surface area contributed by atoms with Crippen LogP contribution in [0, 0.1) is 0 Å². The van der Waals surface area contributed by atoms with Crippen molar-refractivity contribution in [2.45, 2.75) is 6.92 Å². The van der Waals surface area contributed by atoms with Gasteiger partial charge in [-0.1, -0.05) is 6.08 Å². The zero-order chi connectivity index (χ0) is 12.8. The predicted octanol–water partition coefficient (Wildman–Crippen LogP) is 1.43. The largest absolute Gasteiger partial charge is 0.478 e. The Hall–Kier alpha value is -2.17. The first-order chi connectivity index (χ1) is 8.11. The molecule has 0 aliphatic rings. The Kier molecular flexibility index (Phi) is 4.39. The summed E-state index contributed by atoms with van der Waals surface area (Å²) in [7, 11) is 0. The summed E-state index contributed by atoms with van der Waals surface area (Å²) in [5.74, 6) is -1.55. The van der Waals surface area contributed by atoms with Crippen LogP contribution in [0.25, 0.3) is 0 Å². The fourth-order valence-corrected chi connectivity index (χ4v) is 1.41. The number of amides is 1. The number of carbonyl (C=O) groups is 2. The Labute approximate surface area is 99.4 Å². The summed E-state index contributed by atoms with van der Waals surface area (Å²) in [6.07, 6.45) is 2.99. The molecule has 17 heavy (non-hydrogen) atoms. The number of rotatable bonds is 5. The van der Waals surface area contributed by atoms with Crippen LogP contribution in [0.4, 0.5) is 0 Å². The second kappa shape index (κ2) is 5.79. The third-order valence-corrected chi connectivity index (χ3v) is 2.26. The molecule has 1 N–H and O–H groups in total. The number of hydrogen-bond acceptors (Lipinski definition) is 3. The number of carboxylic acids is 1. The topological polar surface area (TPSA) is 70.5 Å². The monoisotopic (exact) mass is 234 g/mol. The molecule has 0 bridgehead atoms. The second-order valence-electron chi connectivity index (χ2n) is 3.34. The first-order valence-electron chi connectivity index (χ1n) is 5.20. The summed E-state index contributed by atoms with van der Waals surface area (Å²) in [6, 6.07) is 2.86. The molecule has 0 aromatic carbocycles. The van der Waals surface area contributed by atoms with Crippen LogP contribution in [0.5, 0.6) is 0 Å². The highest BCUT2D eigenvalue weighted by atomic mass is 16.4. The third-order valence-electron chi connectivity index (χ3n) is 2.26. The maximum atomic E-state index is 12.0. The minimum absolute atomic E-state index is 0.0382. The summed E-state index contributed by atoms with van der Waals surface area (Å²) < 4.78 is 0. The van der Waals surface area contributed by atoms with Gasteiger partial charge in [0, 0.05) is 19.3 Å². The van der Waals surface area contributed by atoms with Crippen molar-refractivity contribution >= 4 is 11.9 Å². The molecule has 0 saturated carbocycles. The maximum absolute atomic E-state index is 12.0. The smallest absolute Gasteiger partial charge is 0.338 e. The molecular weight excluding hydrogens is 220 g/mol. The van der Waals surface area contributed by atoms with Crippen LogP contribution in [0.15, 0.2) is 31.0 Å². The number of likely N-dealkylation sites (N-methyl/N-ethyl adjacent to an activating group) is 1. The van der Waals surface area contributed by atoms with E-state index in [1.807, 2.05) is 6.92 Å². The molecule has 0 atom stereocenters. The molecule has 0 fully saturated rings. The van der Waals surface area contributed by atoms with Gasteiger partial charge in [0.15, 0.2) is 0 Å². The number of carboxylic acid groups (broad SMARTS) is 1. The number of aromatic nitrogens is 1. The molecule has 1 amide bonds. The molecule has 0 radical (unpaired) electrons. The van der Waals surface area contributed by atoms with Gasteiger partial charge in [0.2, 0.25) is 0 Å². The third kappa shape index (κ3) is 2.90. The average Bonchev–Trinajstić information content (AvgIpc) is 2.35. The van der Waals surface area contributed by atoms with E-state index in [0.29, 0.717) is 13.1 Å². The summed E-state index contributed by atoms with van der Waals surface area (Å²) in [4.78, 5) is 28.3. The lowest BCUT2D eigenvalue weighted by molar-refractivity contribution is 0.0677. The van der Waals surface area contributed by atoms with Crippen LogP contribution in [0.3, 0.4) is 0 Å². The van der Waals surface area contributed by atoms with Crippen molar-refractivity contribution in [1.82, 2.24) is 9.88 Å². The van der Waals surface area contributed by atoms with Gasteiger partial charge in [0.05, 0.1) is 5.56 Å². The lowest BCUT2D eigenvalue weighted by atomic mass is 10.1. The SMILES string of the molecule is C=CCN(CC)C(=O)c1ncccc1C(=O)O. The van der Waals surface area contributed by atoms with Crippen LogP contribution in [-0.2, 0) is 0 Å². The molecule has 0 aliphatic carbocycles. The van der Waals surface area contributed by atoms with E-state index < -0.39 is 11.9 Å². The Bertz CT molecular complexity index is 443. The van der Waals surface area contributed by atoms with Gasteiger partial charge in [-0.15, -0.1) is 6.58 Å². The highest BCUT2D eigenvalue weighted by Gasteiger charge is 2.21. The van der Waals surface area contributed by atoms with Crippen LogP contribution >= 0.6 is 0 Å². The molecule has 0 aliphatic heterocycles. The lowest BCUT2D eigenvalue weighted by Crippen LogP contribution is -2.32. The number of aromatic carboxylic acids is 1. The molecule has 5 heteroatoms. The quantitative estimate of drug-likeness (QED) is 0.782. The number of hydrogen-bond donors (Lipinski definition) is 1. The lowest BCUT2D eigenvalue weighted by Gasteiger charge is -2.18. The van der Waals surface area contributed by atoms with Crippen LogP contribution in [0.2, 0.25) is 0 Å². The zero-order valence-corrected chi connectivity index (χ0v) is 9.59. The minimum Gasteiger partial charge on any atom is -0.478 e. The minimum atomic E-state index is -1.16. The van der Waals surface area contributed by atoms with Gasteiger partial charge in [-0.2, -0.15) is 0 Å². The summed E-state index contributed by atoms with van der Waals surface area (Å²) in [6.45, 7) is 6.20. The van der Waals surface area contributed by atoms with E-state index in [9.17, 15) is 9.59 Å². The van der Waals surface area contributed by atoms with E-state index in [1.54, 1.807) is 6.08 Å². The molecule has 0 spiro atoms. The van der Waals surface area contributed by atoms with Crippen molar-refractivity contribution in [2.24, 2.45) is 0 Å². The Morgan fingerprint density at radius 3 is 2.82 bits per heavy atom.